The summed E-state index contributed by atoms with van der Waals surface area (Å²) < 4.78 is 1.29. The molecule has 1 atom stereocenters. The highest BCUT2D eigenvalue weighted by atomic mass is 16.4. The maximum atomic E-state index is 12.3. The molecule has 0 fully saturated rings. The Balaban J connectivity index is 3.03. The van der Waals surface area contributed by atoms with Gasteiger partial charge < -0.3 is 10.1 Å². The SMILES string of the molecule is CC(n1c(=O)c(=O)[nH]c2cccc(C(=O)O)c21)C(C)(C)C. The number of nitrogens with zero attached hydrogens (tertiary/aromatic N) is 1. The van der Waals surface area contributed by atoms with Crippen molar-refractivity contribution in [3.05, 3.63) is 44.5 Å². The van der Waals surface area contributed by atoms with E-state index in [1.165, 1.54) is 16.7 Å². The Morgan fingerprint density at radius 1 is 1.29 bits per heavy atom. The Hall–Kier alpha value is -2.37. The number of hydrogen-bond acceptors (Lipinski definition) is 3. The molecule has 6 nitrogen and oxygen atoms in total. The van der Waals surface area contributed by atoms with Gasteiger partial charge in [-0.05, 0) is 24.5 Å². The third-order valence-corrected chi connectivity index (χ3v) is 3.81. The third-order valence-electron chi connectivity index (χ3n) is 3.81. The molecule has 0 bridgehead atoms. The largest absolute Gasteiger partial charge is 0.478 e. The van der Waals surface area contributed by atoms with E-state index >= 15 is 0 Å². The summed E-state index contributed by atoms with van der Waals surface area (Å²) in [5.74, 6) is -1.14. The monoisotopic (exact) mass is 290 g/mol. The molecule has 21 heavy (non-hydrogen) atoms. The normalized spacial score (nSPS) is 13.3. The molecule has 0 amide bonds. The smallest absolute Gasteiger partial charge is 0.337 e. The number of aromatic carboxylic acids is 1. The van der Waals surface area contributed by atoms with E-state index in [0.717, 1.165) is 0 Å². The molecule has 1 aromatic carbocycles. The molecule has 1 aromatic heterocycles. The van der Waals surface area contributed by atoms with Crippen molar-refractivity contribution < 1.29 is 9.90 Å². The summed E-state index contributed by atoms with van der Waals surface area (Å²) in [7, 11) is 0. The van der Waals surface area contributed by atoms with Crippen molar-refractivity contribution in [1.29, 1.82) is 0 Å². The fourth-order valence-corrected chi connectivity index (χ4v) is 2.22. The summed E-state index contributed by atoms with van der Waals surface area (Å²) >= 11 is 0. The average Bonchev–Trinajstić information content (AvgIpc) is 2.37. The minimum absolute atomic E-state index is 0.00282. The first kappa shape index (κ1) is 15.0. The minimum Gasteiger partial charge on any atom is -0.478 e. The van der Waals surface area contributed by atoms with E-state index in [-0.39, 0.29) is 22.5 Å². The maximum absolute atomic E-state index is 12.3. The molecule has 0 saturated carbocycles. The van der Waals surface area contributed by atoms with E-state index in [1.54, 1.807) is 13.0 Å². The first-order chi connectivity index (χ1) is 9.64. The molecule has 2 N–H and O–H groups in total. The van der Waals surface area contributed by atoms with Gasteiger partial charge in [0, 0.05) is 6.04 Å². The number of rotatable bonds is 2. The Bertz CT molecular complexity index is 824. The molecule has 2 aromatic rings. The highest BCUT2D eigenvalue weighted by Crippen LogP contribution is 2.31. The number of para-hydroxylation sites is 1. The lowest BCUT2D eigenvalue weighted by Crippen LogP contribution is -2.41. The van der Waals surface area contributed by atoms with Gasteiger partial charge in [-0.15, -0.1) is 0 Å². The van der Waals surface area contributed by atoms with Crippen molar-refractivity contribution in [1.82, 2.24) is 9.55 Å². The lowest BCUT2D eigenvalue weighted by atomic mass is 9.87. The number of fused-ring (bicyclic) bond motifs is 1. The van der Waals surface area contributed by atoms with Crippen LogP contribution in [0.3, 0.4) is 0 Å². The van der Waals surface area contributed by atoms with E-state index in [0.29, 0.717) is 5.52 Å². The van der Waals surface area contributed by atoms with Crippen LogP contribution in [-0.2, 0) is 0 Å². The van der Waals surface area contributed by atoms with Crippen LogP contribution in [0.5, 0.6) is 0 Å². The Kier molecular flexibility index (Phi) is 3.49. The number of nitrogens with one attached hydrogen (secondary N) is 1. The van der Waals surface area contributed by atoms with Crippen LogP contribution < -0.4 is 11.1 Å². The topological polar surface area (TPSA) is 92.2 Å². The van der Waals surface area contributed by atoms with Gasteiger partial charge in [0.15, 0.2) is 0 Å². The zero-order valence-corrected chi connectivity index (χ0v) is 12.4. The molecule has 0 radical (unpaired) electrons. The molecule has 0 aliphatic carbocycles. The van der Waals surface area contributed by atoms with Crippen molar-refractivity contribution in [2.75, 3.05) is 0 Å². The summed E-state index contributed by atoms with van der Waals surface area (Å²) in [5.41, 5.74) is -1.21. The second-order valence-corrected chi connectivity index (χ2v) is 6.18. The Labute approximate surface area is 121 Å². The van der Waals surface area contributed by atoms with Crippen LogP contribution in [0.25, 0.3) is 11.0 Å². The molecule has 112 valence electrons. The van der Waals surface area contributed by atoms with Gasteiger partial charge in [0.2, 0.25) is 0 Å². The van der Waals surface area contributed by atoms with Crippen LogP contribution >= 0.6 is 0 Å². The van der Waals surface area contributed by atoms with Gasteiger partial charge in [0.05, 0.1) is 16.6 Å². The van der Waals surface area contributed by atoms with Gasteiger partial charge in [0.1, 0.15) is 0 Å². The zero-order valence-electron chi connectivity index (χ0n) is 12.4. The van der Waals surface area contributed by atoms with E-state index in [4.69, 9.17) is 0 Å². The molecule has 1 unspecified atom stereocenters. The van der Waals surface area contributed by atoms with Crippen LogP contribution in [-0.4, -0.2) is 20.6 Å². The highest BCUT2D eigenvalue weighted by molar-refractivity contribution is 6.00. The Morgan fingerprint density at radius 2 is 1.90 bits per heavy atom. The highest BCUT2D eigenvalue weighted by Gasteiger charge is 2.26. The van der Waals surface area contributed by atoms with Crippen LogP contribution in [0.4, 0.5) is 0 Å². The molecule has 1 heterocycles. The van der Waals surface area contributed by atoms with Crippen molar-refractivity contribution >= 4 is 17.0 Å². The van der Waals surface area contributed by atoms with Crippen LogP contribution in [0, 0.1) is 5.41 Å². The molecule has 0 spiro atoms. The van der Waals surface area contributed by atoms with Gasteiger partial charge in [0.25, 0.3) is 0 Å². The third kappa shape index (κ3) is 2.49. The number of benzene rings is 1. The maximum Gasteiger partial charge on any atom is 0.337 e. The number of carbonyl (C=O) groups is 1. The van der Waals surface area contributed by atoms with E-state index in [9.17, 15) is 19.5 Å². The number of carboxylic acid groups (broad SMARTS) is 1. The molecule has 6 heteroatoms. The number of carboxylic acids is 1. The lowest BCUT2D eigenvalue weighted by molar-refractivity contribution is 0.0698. The second-order valence-electron chi connectivity index (χ2n) is 6.18. The van der Waals surface area contributed by atoms with Gasteiger partial charge in [-0.1, -0.05) is 26.8 Å². The lowest BCUT2D eigenvalue weighted by Gasteiger charge is -2.30. The number of H-pyrrole nitrogens is 1. The average molecular weight is 290 g/mol. The second kappa shape index (κ2) is 4.87. The van der Waals surface area contributed by atoms with Gasteiger partial charge in [-0.3, -0.25) is 14.2 Å². The van der Waals surface area contributed by atoms with Crippen molar-refractivity contribution in [3.63, 3.8) is 0 Å². The summed E-state index contributed by atoms with van der Waals surface area (Å²) in [6.07, 6.45) is 0. The number of aromatic nitrogens is 2. The molecular weight excluding hydrogens is 272 g/mol. The van der Waals surface area contributed by atoms with E-state index in [2.05, 4.69) is 4.98 Å². The van der Waals surface area contributed by atoms with E-state index in [1.807, 2.05) is 20.8 Å². The number of hydrogen-bond donors (Lipinski definition) is 2. The van der Waals surface area contributed by atoms with Crippen molar-refractivity contribution in [3.8, 4) is 0 Å². The van der Waals surface area contributed by atoms with Crippen LogP contribution in [0.15, 0.2) is 27.8 Å². The molecule has 0 aliphatic heterocycles. The van der Waals surface area contributed by atoms with Crippen molar-refractivity contribution in [2.45, 2.75) is 33.7 Å². The van der Waals surface area contributed by atoms with Gasteiger partial charge in [-0.2, -0.15) is 0 Å². The van der Waals surface area contributed by atoms with Gasteiger partial charge >= 0.3 is 17.1 Å². The number of aromatic amines is 1. The minimum atomic E-state index is -1.14. The van der Waals surface area contributed by atoms with Crippen LogP contribution in [0.1, 0.15) is 44.1 Å². The van der Waals surface area contributed by atoms with Gasteiger partial charge in [-0.25, -0.2) is 4.79 Å². The first-order valence-electron chi connectivity index (χ1n) is 6.65. The van der Waals surface area contributed by atoms with Crippen molar-refractivity contribution in [2.24, 2.45) is 5.41 Å². The fourth-order valence-electron chi connectivity index (χ4n) is 2.22. The zero-order chi connectivity index (χ0) is 15.9. The quantitative estimate of drug-likeness (QED) is 0.827. The first-order valence-corrected chi connectivity index (χ1v) is 6.65. The molecule has 0 saturated heterocycles. The summed E-state index contributed by atoms with van der Waals surface area (Å²) in [5, 5.41) is 9.34. The standard InChI is InChI=1S/C15H18N2O4/c1-8(15(2,3)4)17-11-9(14(20)21)6-5-7-10(11)16-12(18)13(17)19/h5-8H,1-4H3,(H,16,18)(H,20,21). The predicted molar refractivity (Wildman–Crippen MR) is 80.0 cm³/mol. The Morgan fingerprint density at radius 3 is 2.43 bits per heavy atom. The summed E-state index contributed by atoms with van der Waals surface area (Å²) in [4.78, 5) is 38.0. The molecule has 0 aliphatic rings. The summed E-state index contributed by atoms with van der Waals surface area (Å²) in [6, 6.07) is 4.22. The molecular formula is C15H18N2O4. The molecule has 2 rings (SSSR count). The van der Waals surface area contributed by atoms with Crippen LogP contribution in [0.2, 0.25) is 0 Å². The fraction of sp³-hybridized carbons (Fsp3) is 0.400. The van der Waals surface area contributed by atoms with E-state index < -0.39 is 17.1 Å². The summed E-state index contributed by atoms with van der Waals surface area (Å²) in [6.45, 7) is 7.60. The predicted octanol–water partition coefficient (Wildman–Crippen LogP) is 2.00.